The van der Waals surface area contributed by atoms with Gasteiger partial charge in [-0.05, 0) is 37.8 Å². The van der Waals surface area contributed by atoms with Gasteiger partial charge in [0.05, 0.1) is 0 Å². The van der Waals surface area contributed by atoms with Gasteiger partial charge in [-0.3, -0.25) is 0 Å². The second-order valence-electron chi connectivity index (χ2n) is 8.63. The Morgan fingerprint density at radius 1 is 1.22 bits per heavy atom. The molecule has 1 aromatic carbocycles. The van der Waals surface area contributed by atoms with Crippen molar-refractivity contribution >= 4 is 14.0 Å². The van der Waals surface area contributed by atoms with Gasteiger partial charge in [0.25, 0.3) is 0 Å². The summed E-state index contributed by atoms with van der Waals surface area (Å²) in [6.45, 7) is 14.8. The molecule has 2 rings (SSSR count). The number of aromatic carboxylic acids is 1. The van der Waals surface area contributed by atoms with Gasteiger partial charge in [-0.25, -0.2) is 4.79 Å². The third-order valence-electron chi connectivity index (χ3n) is 3.88. The Balaban J connectivity index is 2.68. The summed E-state index contributed by atoms with van der Waals surface area (Å²) >= 11 is 0. The van der Waals surface area contributed by atoms with E-state index in [9.17, 15) is 9.90 Å². The Morgan fingerprint density at radius 3 is 2.35 bits per heavy atom. The van der Waals surface area contributed by atoms with Gasteiger partial charge >= 0.3 is 5.97 Å². The van der Waals surface area contributed by atoms with Crippen molar-refractivity contribution in [3.05, 3.63) is 28.8 Å². The van der Waals surface area contributed by atoms with Crippen LogP contribution in [0.25, 0.3) is 0 Å². The first-order valence-corrected chi connectivity index (χ1v) is 11.4. The Hall–Kier alpha value is -1.73. The number of benzene rings is 1. The van der Waals surface area contributed by atoms with Gasteiger partial charge in [0, 0.05) is 11.1 Å². The molecule has 0 fully saturated rings. The van der Waals surface area contributed by atoms with Crippen molar-refractivity contribution in [1.29, 1.82) is 0 Å². The summed E-state index contributed by atoms with van der Waals surface area (Å²) in [5, 5.41) is 9.61. The van der Waals surface area contributed by atoms with Crippen LogP contribution in [0.1, 0.15) is 55.6 Å². The summed E-state index contributed by atoms with van der Waals surface area (Å²) in [6, 6.07) is 3.65. The van der Waals surface area contributed by atoms with Crippen LogP contribution in [0.3, 0.4) is 0 Å². The highest BCUT2D eigenvalue weighted by atomic mass is 28.3. The molecule has 0 unspecified atom stereocenters. The summed E-state index contributed by atoms with van der Waals surface area (Å²) in [6.07, 6.45) is 0.830. The zero-order valence-electron chi connectivity index (χ0n) is 15.1. The molecule has 0 spiro atoms. The van der Waals surface area contributed by atoms with E-state index in [1.165, 1.54) is 0 Å². The third-order valence-corrected chi connectivity index (χ3v) is 4.75. The minimum atomic E-state index is -1.52. The summed E-state index contributed by atoms with van der Waals surface area (Å²) in [5.41, 5.74) is 4.69. The van der Waals surface area contributed by atoms with Gasteiger partial charge in [-0.15, -0.1) is 5.54 Å². The van der Waals surface area contributed by atoms with Crippen molar-refractivity contribution in [2.45, 2.75) is 64.8 Å². The van der Waals surface area contributed by atoms with Crippen LogP contribution >= 0.6 is 0 Å². The monoisotopic (exact) mass is 330 g/mol. The van der Waals surface area contributed by atoms with E-state index in [1.54, 1.807) is 6.07 Å². The predicted octanol–water partition coefficient (Wildman–Crippen LogP) is 4.45. The molecular formula is C19H26O3Si. The Labute approximate surface area is 140 Å². The lowest BCUT2D eigenvalue weighted by atomic mass is 9.72. The normalized spacial score (nSPS) is 18.2. The van der Waals surface area contributed by atoms with Gasteiger partial charge in [-0.1, -0.05) is 39.4 Å². The van der Waals surface area contributed by atoms with Crippen molar-refractivity contribution < 1.29 is 14.6 Å². The van der Waals surface area contributed by atoms with E-state index >= 15 is 0 Å². The molecule has 1 N–H and O–H groups in total. The summed E-state index contributed by atoms with van der Waals surface area (Å²) in [7, 11) is -1.52. The number of carbonyl (C=O) groups is 1. The van der Waals surface area contributed by atoms with E-state index in [4.69, 9.17) is 4.74 Å². The van der Waals surface area contributed by atoms with Gasteiger partial charge < -0.3 is 9.84 Å². The molecule has 1 aliphatic rings. The highest BCUT2D eigenvalue weighted by molar-refractivity contribution is 6.83. The number of hydrogen-bond donors (Lipinski definition) is 1. The molecule has 4 heteroatoms. The van der Waals surface area contributed by atoms with Gasteiger partial charge in [0.1, 0.15) is 25.0 Å². The highest BCUT2D eigenvalue weighted by Crippen LogP contribution is 2.46. The van der Waals surface area contributed by atoms with Crippen LogP contribution in [0, 0.1) is 11.5 Å². The van der Waals surface area contributed by atoms with E-state index < -0.39 is 14.0 Å². The fourth-order valence-corrected chi connectivity index (χ4v) is 3.72. The minimum Gasteiger partial charge on any atom is -0.487 e. The quantitative estimate of drug-likeness (QED) is 0.611. The smallest absolute Gasteiger partial charge is 0.339 e. The molecule has 0 aromatic heterocycles. The number of ether oxygens (including phenoxy) is 1. The van der Waals surface area contributed by atoms with Gasteiger partial charge in [0.15, 0.2) is 0 Å². The molecule has 1 aromatic rings. The molecule has 124 valence electrons. The van der Waals surface area contributed by atoms with Crippen LogP contribution in [0.2, 0.25) is 19.6 Å². The van der Waals surface area contributed by atoms with Crippen molar-refractivity contribution in [1.82, 2.24) is 0 Å². The number of hydrogen-bond acceptors (Lipinski definition) is 2. The summed E-state index contributed by atoms with van der Waals surface area (Å²) < 4.78 is 6.03. The largest absolute Gasteiger partial charge is 0.487 e. The SMILES string of the molecule is CC1(C)CC(C)(C)c2cc(C#C[Si](C)(C)C)cc(C(=O)O)c2O1. The second kappa shape index (κ2) is 5.42. The maximum Gasteiger partial charge on any atom is 0.339 e. The second-order valence-corrected chi connectivity index (χ2v) is 13.4. The molecule has 1 heterocycles. The molecule has 0 saturated carbocycles. The lowest BCUT2D eigenvalue weighted by molar-refractivity contribution is 0.0486. The van der Waals surface area contributed by atoms with Gasteiger partial charge in [-0.2, -0.15) is 0 Å². The van der Waals surface area contributed by atoms with E-state index in [-0.39, 0.29) is 16.6 Å². The van der Waals surface area contributed by atoms with E-state index in [1.807, 2.05) is 19.9 Å². The maximum atomic E-state index is 11.7. The average molecular weight is 331 g/mol. The summed E-state index contributed by atoms with van der Waals surface area (Å²) in [4.78, 5) is 11.7. The first-order valence-electron chi connectivity index (χ1n) is 7.95. The van der Waals surface area contributed by atoms with Crippen molar-refractivity contribution in [2.24, 2.45) is 0 Å². The van der Waals surface area contributed by atoms with Gasteiger partial charge in [0.2, 0.25) is 0 Å². The molecule has 1 aliphatic heterocycles. The lowest BCUT2D eigenvalue weighted by Crippen LogP contribution is -2.42. The van der Waals surface area contributed by atoms with Crippen LogP contribution in [-0.4, -0.2) is 24.8 Å². The fraction of sp³-hybridized carbons (Fsp3) is 0.526. The standard InChI is InChI=1S/C19H26O3Si/c1-18(2)12-19(3,4)22-16-14(17(20)21)10-13(11-15(16)18)8-9-23(5,6)7/h10-11H,12H2,1-7H3,(H,20,21). The van der Waals surface area contributed by atoms with Crippen LogP contribution in [0.4, 0.5) is 0 Å². The van der Waals surface area contributed by atoms with E-state index in [0.29, 0.717) is 5.75 Å². The molecule has 0 saturated heterocycles. The predicted molar refractivity (Wildman–Crippen MR) is 96.0 cm³/mol. The summed E-state index contributed by atoms with van der Waals surface area (Å²) in [5.74, 6) is 2.71. The Kier molecular flexibility index (Phi) is 4.15. The molecule has 0 aliphatic carbocycles. The number of rotatable bonds is 1. The Bertz CT molecular complexity index is 713. The minimum absolute atomic E-state index is 0.155. The van der Waals surface area contributed by atoms with Crippen molar-refractivity contribution in [3.63, 3.8) is 0 Å². The van der Waals surface area contributed by atoms with Crippen LogP contribution in [0.5, 0.6) is 5.75 Å². The fourth-order valence-electron chi connectivity index (χ4n) is 3.20. The zero-order valence-corrected chi connectivity index (χ0v) is 16.1. The maximum absolute atomic E-state index is 11.7. The molecule has 0 atom stereocenters. The Morgan fingerprint density at radius 2 is 1.83 bits per heavy atom. The number of fused-ring (bicyclic) bond motifs is 1. The van der Waals surface area contributed by atoms with Crippen LogP contribution in [0.15, 0.2) is 12.1 Å². The van der Waals surface area contributed by atoms with E-state index in [0.717, 1.165) is 17.5 Å². The third kappa shape index (κ3) is 3.97. The molecule has 23 heavy (non-hydrogen) atoms. The van der Waals surface area contributed by atoms with Crippen molar-refractivity contribution in [2.75, 3.05) is 0 Å². The van der Waals surface area contributed by atoms with E-state index in [2.05, 4.69) is 45.0 Å². The number of carboxylic acids is 1. The topological polar surface area (TPSA) is 46.5 Å². The highest BCUT2D eigenvalue weighted by Gasteiger charge is 2.41. The first kappa shape index (κ1) is 17.6. The lowest BCUT2D eigenvalue weighted by Gasteiger charge is -2.43. The molecule has 0 amide bonds. The molecule has 3 nitrogen and oxygen atoms in total. The van der Waals surface area contributed by atoms with Crippen molar-refractivity contribution in [3.8, 4) is 17.2 Å². The zero-order chi connectivity index (χ0) is 17.6. The average Bonchev–Trinajstić information content (AvgIpc) is 2.32. The molecule has 0 bridgehead atoms. The van der Waals surface area contributed by atoms with Crippen LogP contribution in [-0.2, 0) is 5.41 Å². The molecular weight excluding hydrogens is 304 g/mol. The number of carboxylic acid groups (broad SMARTS) is 1. The van der Waals surface area contributed by atoms with Crippen LogP contribution < -0.4 is 4.74 Å². The first-order chi connectivity index (χ1) is 10.3. The molecule has 0 radical (unpaired) electrons.